The van der Waals surface area contributed by atoms with Crippen molar-refractivity contribution in [3.8, 4) is 0 Å². The number of aromatic nitrogens is 2. The molecule has 0 aromatic carbocycles. The molecule has 0 amide bonds. The summed E-state index contributed by atoms with van der Waals surface area (Å²) in [5.41, 5.74) is 2.55. The second kappa shape index (κ2) is 5.20. The number of nitrogens with zero attached hydrogens (tertiary/aromatic N) is 3. The number of piperazine rings is 1. The van der Waals surface area contributed by atoms with E-state index in [1.165, 1.54) is 24.1 Å². The van der Waals surface area contributed by atoms with Gasteiger partial charge in [0, 0.05) is 37.6 Å². The first-order valence-corrected chi connectivity index (χ1v) is 6.81. The number of rotatable bonds is 2. The van der Waals surface area contributed by atoms with Crippen LogP contribution in [-0.4, -0.2) is 47.4 Å². The van der Waals surface area contributed by atoms with Crippen molar-refractivity contribution in [3.05, 3.63) is 17.5 Å². The van der Waals surface area contributed by atoms with Crippen molar-refractivity contribution in [3.63, 3.8) is 0 Å². The van der Waals surface area contributed by atoms with E-state index in [-0.39, 0.29) is 12.6 Å². The van der Waals surface area contributed by atoms with Crippen LogP contribution in [0.1, 0.15) is 24.1 Å². The number of aliphatic hydroxyl groups excluding tert-OH is 1. The maximum absolute atomic E-state index is 9.22. The predicted octanol–water partition coefficient (Wildman–Crippen LogP) is 0.126. The molecule has 0 unspecified atom stereocenters. The molecule has 1 fully saturated rings. The topological polar surface area (TPSA) is 61.3 Å². The van der Waals surface area contributed by atoms with Crippen LogP contribution in [-0.2, 0) is 12.8 Å². The zero-order valence-electron chi connectivity index (χ0n) is 10.6. The number of hydrogen-bond donors (Lipinski definition) is 2. The monoisotopic (exact) mass is 248 g/mol. The van der Waals surface area contributed by atoms with Gasteiger partial charge in [0.05, 0.1) is 6.61 Å². The first kappa shape index (κ1) is 11.9. The number of anilines is 1. The summed E-state index contributed by atoms with van der Waals surface area (Å²) in [6.45, 7) is 2.75. The summed E-state index contributed by atoms with van der Waals surface area (Å²) in [5.74, 6) is 0.829. The minimum atomic E-state index is 0.137. The lowest BCUT2D eigenvalue weighted by Crippen LogP contribution is -2.52. The highest BCUT2D eigenvalue weighted by Gasteiger charge is 2.21. The second-order valence-electron chi connectivity index (χ2n) is 5.13. The summed E-state index contributed by atoms with van der Waals surface area (Å²) >= 11 is 0. The number of aliphatic hydroxyl groups is 1. The van der Waals surface area contributed by atoms with Gasteiger partial charge in [0.25, 0.3) is 0 Å². The Morgan fingerprint density at radius 1 is 1.39 bits per heavy atom. The number of fused-ring (bicyclic) bond motifs is 1. The average Bonchev–Trinajstić information content (AvgIpc) is 2.47. The predicted molar refractivity (Wildman–Crippen MR) is 69.8 cm³/mol. The van der Waals surface area contributed by atoms with Crippen molar-refractivity contribution in [1.29, 1.82) is 0 Å². The quantitative estimate of drug-likeness (QED) is 0.779. The van der Waals surface area contributed by atoms with Crippen LogP contribution in [0.25, 0.3) is 0 Å². The lowest BCUT2D eigenvalue weighted by atomic mass is 9.98. The Morgan fingerprint density at radius 2 is 2.28 bits per heavy atom. The van der Waals surface area contributed by atoms with E-state index in [0.717, 1.165) is 38.4 Å². The third-order valence-electron chi connectivity index (χ3n) is 3.81. The number of nitrogens with one attached hydrogen (secondary N) is 1. The number of hydrogen-bond acceptors (Lipinski definition) is 5. The first-order chi connectivity index (χ1) is 8.86. The SMILES string of the molecule is OC[C@H]1CN(c2ncc3c(n2)CCCC3)CCN1. The summed E-state index contributed by atoms with van der Waals surface area (Å²) < 4.78 is 0. The summed E-state index contributed by atoms with van der Waals surface area (Å²) in [6.07, 6.45) is 6.70. The van der Waals surface area contributed by atoms with Crippen molar-refractivity contribution in [1.82, 2.24) is 15.3 Å². The van der Waals surface area contributed by atoms with Gasteiger partial charge in [0.2, 0.25) is 5.95 Å². The van der Waals surface area contributed by atoms with Crippen molar-refractivity contribution in [2.75, 3.05) is 31.1 Å². The molecule has 1 aromatic heterocycles. The van der Waals surface area contributed by atoms with Crippen LogP contribution in [0.2, 0.25) is 0 Å². The molecule has 0 bridgehead atoms. The van der Waals surface area contributed by atoms with Crippen LogP contribution in [0.3, 0.4) is 0 Å². The third kappa shape index (κ3) is 2.33. The van der Waals surface area contributed by atoms with E-state index < -0.39 is 0 Å². The van der Waals surface area contributed by atoms with Gasteiger partial charge in [-0.2, -0.15) is 0 Å². The Bertz CT molecular complexity index is 423. The average molecular weight is 248 g/mol. The highest BCUT2D eigenvalue weighted by atomic mass is 16.3. The van der Waals surface area contributed by atoms with Gasteiger partial charge in [-0.25, -0.2) is 9.97 Å². The molecule has 0 spiro atoms. The molecule has 1 aromatic rings. The summed E-state index contributed by atoms with van der Waals surface area (Å²) in [6, 6.07) is 0.137. The molecule has 0 radical (unpaired) electrons. The molecule has 98 valence electrons. The highest BCUT2D eigenvalue weighted by molar-refractivity contribution is 5.35. The van der Waals surface area contributed by atoms with Crippen LogP contribution in [0.15, 0.2) is 6.20 Å². The second-order valence-corrected chi connectivity index (χ2v) is 5.13. The van der Waals surface area contributed by atoms with E-state index >= 15 is 0 Å². The van der Waals surface area contributed by atoms with Crippen molar-refractivity contribution in [2.24, 2.45) is 0 Å². The Kier molecular flexibility index (Phi) is 3.43. The highest BCUT2D eigenvalue weighted by Crippen LogP contribution is 2.21. The van der Waals surface area contributed by atoms with Gasteiger partial charge >= 0.3 is 0 Å². The van der Waals surface area contributed by atoms with Gasteiger partial charge in [-0.15, -0.1) is 0 Å². The molecular weight excluding hydrogens is 228 g/mol. The van der Waals surface area contributed by atoms with Crippen LogP contribution >= 0.6 is 0 Å². The summed E-state index contributed by atoms with van der Waals surface area (Å²) in [4.78, 5) is 11.4. The van der Waals surface area contributed by atoms with Gasteiger partial charge in [-0.05, 0) is 31.2 Å². The molecule has 18 heavy (non-hydrogen) atoms. The van der Waals surface area contributed by atoms with E-state index in [1.807, 2.05) is 6.20 Å². The zero-order valence-corrected chi connectivity index (χ0v) is 10.6. The molecule has 2 N–H and O–H groups in total. The van der Waals surface area contributed by atoms with Gasteiger partial charge in [0.15, 0.2) is 0 Å². The third-order valence-corrected chi connectivity index (χ3v) is 3.81. The molecule has 0 saturated carbocycles. The summed E-state index contributed by atoms with van der Waals surface area (Å²) in [7, 11) is 0. The molecular formula is C13H20N4O. The molecule has 1 saturated heterocycles. The Hall–Kier alpha value is -1.20. The molecule has 1 aliphatic carbocycles. The molecule has 2 aliphatic rings. The van der Waals surface area contributed by atoms with E-state index in [4.69, 9.17) is 4.98 Å². The molecule has 2 heterocycles. The van der Waals surface area contributed by atoms with Crippen molar-refractivity contribution in [2.45, 2.75) is 31.7 Å². The van der Waals surface area contributed by atoms with Crippen molar-refractivity contribution >= 4 is 5.95 Å². The van der Waals surface area contributed by atoms with Gasteiger partial charge < -0.3 is 15.3 Å². The Morgan fingerprint density at radius 3 is 3.17 bits per heavy atom. The minimum absolute atomic E-state index is 0.137. The normalized spacial score (nSPS) is 23.8. The fraction of sp³-hybridized carbons (Fsp3) is 0.692. The fourth-order valence-corrected chi connectivity index (χ4v) is 2.75. The van der Waals surface area contributed by atoms with E-state index in [9.17, 15) is 5.11 Å². The lowest BCUT2D eigenvalue weighted by Gasteiger charge is -2.33. The number of aryl methyl sites for hydroxylation is 2. The Balaban J connectivity index is 1.79. The maximum atomic E-state index is 9.22. The minimum Gasteiger partial charge on any atom is -0.395 e. The smallest absolute Gasteiger partial charge is 0.225 e. The Labute approximate surface area is 107 Å². The van der Waals surface area contributed by atoms with Crippen LogP contribution < -0.4 is 10.2 Å². The first-order valence-electron chi connectivity index (χ1n) is 6.81. The zero-order chi connectivity index (χ0) is 12.4. The van der Waals surface area contributed by atoms with Crippen LogP contribution in [0, 0.1) is 0 Å². The van der Waals surface area contributed by atoms with Crippen molar-refractivity contribution < 1.29 is 5.11 Å². The maximum Gasteiger partial charge on any atom is 0.225 e. The molecule has 3 rings (SSSR count). The van der Waals surface area contributed by atoms with Crippen LogP contribution in [0.4, 0.5) is 5.95 Å². The van der Waals surface area contributed by atoms with Gasteiger partial charge in [-0.3, -0.25) is 0 Å². The standard InChI is InChI=1S/C13H20N4O/c18-9-11-8-17(6-5-14-11)13-15-7-10-3-1-2-4-12(10)16-13/h7,11,14,18H,1-6,8-9H2/t11-/m1/s1. The van der Waals surface area contributed by atoms with E-state index in [0.29, 0.717) is 0 Å². The largest absolute Gasteiger partial charge is 0.395 e. The summed E-state index contributed by atoms with van der Waals surface area (Å²) in [5, 5.41) is 12.5. The lowest BCUT2D eigenvalue weighted by molar-refractivity contribution is 0.235. The molecule has 1 aliphatic heterocycles. The van der Waals surface area contributed by atoms with Gasteiger partial charge in [0.1, 0.15) is 0 Å². The molecule has 1 atom stereocenters. The molecule has 5 nitrogen and oxygen atoms in total. The van der Waals surface area contributed by atoms with Crippen LogP contribution in [0.5, 0.6) is 0 Å². The van der Waals surface area contributed by atoms with E-state index in [1.54, 1.807) is 0 Å². The van der Waals surface area contributed by atoms with E-state index in [2.05, 4.69) is 15.2 Å². The van der Waals surface area contributed by atoms with Gasteiger partial charge in [-0.1, -0.05) is 0 Å². The fourth-order valence-electron chi connectivity index (χ4n) is 2.75. The molecule has 5 heteroatoms.